The Hall–Kier alpha value is -2.86. The number of carbonyl (C=O) groups is 1. The first-order chi connectivity index (χ1) is 11.1. The number of nitrogen functional groups attached to an aromatic ring is 1. The Bertz CT molecular complexity index is 684. The largest absolute Gasteiger partial charge is 0.486 e. The average Bonchev–Trinajstić information content (AvgIpc) is 2.59. The van der Waals surface area contributed by atoms with Crippen molar-refractivity contribution in [2.24, 2.45) is 10.8 Å². The number of hydrazine groups is 1. The van der Waals surface area contributed by atoms with E-state index in [0.29, 0.717) is 17.1 Å². The third-order valence-electron chi connectivity index (χ3n) is 3.16. The molecule has 0 bridgehead atoms. The molecule has 120 valence electrons. The van der Waals surface area contributed by atoms with Gasteiger partial charge in [0.05, 0.1) is 11.3 Å². The first-order valence-corrected chi connectivity index (χ1v) is 7.14. The van der Waals surface area contributed by atoms with Crippen molar-refractivity contribution in [1.29, 1.82) is 0 Å². The normalized spacial score (nSPS) is 11.0. The number of para-hydroxylation sites is 2. The standard InChI is InChI=1S/C17H20N4O2/c1-21(2)16(12-23-13-8-4-3-5-9-13)19-15-11-7-6-10-14(15)17(22)20-18/h3-11H,12,18H2,1-2H3,(H,20,22). The van der Waals surface area contributed by atoms with Crippen LogP contribution in [-0.2, 0) is 0 Å². The summed E-state index contributed by atoms with van der Waals surface area (Å²) in [6.45, 7) is 0.287. The van der Waals surface area contributed by atoms with E-state index in [1.54, 1.807) is 18.2 Å². The Morgan fingerprint density at radius 1 is 1.13 bits per heavy atom. The first-order valence-electron chi connectivity index (χ1n) is 7.14. The SMILES string of the molecule is CN(C)C(COc1ccccc1)=Nc1ccccc1C(=O)NN. The molecular formula is C17H20N4O2. The predicted molar refractivity (Wildman–Crippen MR) is 90.8 cm³/mol. The predicted octanol–water partition coefficient (Wildman–Crippen LogP) is 1.96. The minimum atomic E-state index is -0.383. The van der Waals surface area contributed by atoms with Gasteiger partial charge >= 0.3 is 0 Å². The number of nitrogens with two attached hydrogens (primary N) is 1. The van der Waals surface area contributed by atoms with Crippen LogP contribution in [0.1, 0.15) is 10.4 Å². The van der Waals surface area contributed by atoms with Crippen LogP contribution in [0.4, 0.5) is 5.69 Å². The molecule has 0 aromatic heterocycles. The van der Waals surface area contributed by atoms with E-state index in [1.807, 2.05) is 55.4 Å². The number of ether oxygens (including phenoxy) is 1. The van der Waals surface area contributed by atoms with Gasteiger partial charge in [-0.3, -0.25) is 10.2 Å². The minimum absolute atomic E-state index is 0.287. The first kappa shape index (κ1) is 16.5. The molecule has 0 fully saturated rings. The molecule has 2 aromatic rings. The van der Waals surface area contributed by atoms with Crippen LogP contribution < -0.4 is 16.0 Å². The Morgan fingerprint density at radius 3 is 2.43 bits per heavy atom. The maximum atomic E-state index is 11.8. The van der Waals surface area contributed by atoms with E-state index in [-0.39, 0.29) is 12.5 Å². The summed E-state index contributed by atoms with van der Waals surface area (Å²) in [5.41, 5.74) is 3.08. The van der Waals surface area contributed by atoms with Crippen molar-refractivity contribution in [2.75, 3.05) is 20.7 Å². The van der Waals surface area contributed by atoms with Gasteiger partial charge in [0.2, 0.25) is 0 Å². The molecule has 0 radical (unpaired) electrons. The second-order valence-electron chi connectivity index (χ2n) is 5.01. The van der Waals surface area contributed by atoms with Gasteiger partial charge < -0.3 is 9.64 Å². The molecule has 0 atom stereocenters. The van der Waals surface area contributed by atoms with Crippen LogP contribution in [-0.4, -0.2) is 37.3 Å². The zero-order valence-electron chi connectivity index (χ0n) is 13.2. The summed E-state index contributed by atoms with van der Waals surface area (Å²) in [6.07, 6.45) is 0. The van der Waals surface area contributed by atoms with Crippen LogP contribution in [0.25, 0.3) is 0 Å². The maximum Gasteiger partial charge on any atom is 0.267 e. The number of nitrogens with zero attached hydrogens (tertiary/aromatic N) is 2. The number of hydrogen-bond donors (Lipinski definition) is 2. The molecule has 6 nitrogen and oxygen atoms in total. The summed E-state index contributed by atoms with van der Waals surface area (Å²) in [5, 5.41) is 0. The zero-order valence-corrected chi connectivity index (χ0v) is 13.2. The van der Waals surface area contributed by atoms with Gasteiger partial charge in [0, 0.05) is 14.1 Å². The molecule has 0 unspecified atom stereocenters. The topological polar surface area (TPSA) is 80.0 Å². The van der Waals surface area contributed by atoms with Gasteiger partial charge in [-0.2, -0.15) is 0 Å². The smallest absolute Gasteiger partial charge is 0.267 e. The molecule has 0 saturated heterocycles. The average molecular weight is 312 g/mol. The van der Waals surface area contributed by atoms with Crippen molar-refractivity contribution in [1.82, 2.24) is 10.3 Å². The van der Waals surface area contributed by atoms with Crippen LogP contribution in [0.2, 0.25) is 0 Å². The Labute approximate surface area is 135 Å². The highest BCUT2D eigenvalue weighted by atomic mass is 16.5. The van der Waals surface area contributed by atoms with Crippen molar-refractivity contribution in [3.05, 3.63) is 60.2 Å². The van der Waals surface area contributed by atoms with Crippen LogP contribution in [0.3, 0.4) is 0 Å². The lowest BCUT2D eigenvalue weighted by Crippen LogP contribution is -2.30. The lowest BCUT2D eigenvalue weighted by molar-refractivity contribution is 0.0954. The minimum Gasteiger partial charge on any atom is -0.486 e. The van der Waals surface area contributed by atoms with Crippen molar-refractivity contribution in [3.8, 4) is 5.75 Å². The molecule has 0 aliphatic carbocycles. The van der Waals surface area contributed by atoms with Crippen LogP contribution in [0.5, 0.6) is 5.75 Å². The summed E-state index contributed by atoms with van der Waals surface area (Å²) in [6, 6.07) is 16.5. The summed E-state index contributed by atoms with van der Waals surface area (Å²) in [7, 11) is 3.75. The highest BCUT2D eigenvalue weighted by Gasteiger charge is 2.11. The van der Waals surface area contributed by atoms with Gasteiger partial charge in [0.15, 0.2) is 0 Å². The summed E-state index contributed by atoms with van der Waals surface area (Å²) < 4.78 is 5.73. The molecule has 0 heterocycles. The van der Waals surface area contributed by atoms with E-state index >= 15 is 0 Å². The number of aliphatic imine (C=N–C) groups is 1. The molecule has 0 aliphatic heterocycles. The van der Waals surface area contributed by atoms with E-state index in [4.69, 9.17) is 10.6 Å². The van der Waals surface area contributed by atoms with E-state index < -0.39 is 0 Å². The molecule has 0 spiro atoms. The molecule has 0 aliphatic rings. The number of likely N-dealkylation sites (N-methyl/N-ethyl adjacent to an activating group) is 1. The Balaban J connectivity index is 2.24. The lowest BCUT2D eigenvalue weighted by Gasteiger charge is -2.17. The Morgan fingerprint density at radius 2 is 1.78 bits per heavy atom. The van der Waals surface area contributed by atoms with Crippen molar-refractivity contribution in [2.45, 2.75) is 0 Å². The number of carbonyl (C=O) groups excluding carboxylic acids is 1. The van der Waals surface area contributed by atoms with Crippen LogP contribution in [0.15, 0.2) is 59.6 Å². The zero-order chi connectivity index (χ0) is 16.7. The molecule has 0 saturated carbocycles. The number of amides is 1. The van der Waals surface area contributed by atoms with E-state index in [0.717, 1.165) is 5.75 Å². The van der Waals surface area contributed by atoms with Gasteiger partial charge in [0.25, 0.3) is 5.91 Å². The highest BCUT2D eigenvalue weighted by Crippen LogP contribution is 2.19. The Kier molecular flexibility index (Phi) is 5.71. The van der Waals surface area contributed by atoms with Crippen molar-refractivity contribution in [3.63, 3.8) is 0 Å². The summed E-state index contributed by atoms with van der Waals surface area (Å²) in [5.74, 6) is 6.28. The van der Waals surface area contributed by atoms with E-state index in [1.165, 1.54) is 0 Å². The van der Waals surface area contributed by atoms with E-state index in [9.17, 15) is 4.79 Å². The number of amidine groups is 1. The quantitative estimate of drug-likeness (QED) is 0.291. The van der Waals surface area contributed by atoms with Gasteiger partial charge in [-0.1, -0.05) is 30.3 Å². The number of rotatable bonds is 5. The second kappa shape index (κ2) is 7.95. The van der Waals surface area contributed by atoms with Gasteiger partial charge in [-0.25, -0.2) is 10.8 Å². The van der Waals surface area contributed by atoms with Crippen LogP contribution >= 0.6 is 0 Å². The number of hydrogen-bond acceptors (Lipinski definition) is 4. The molecule has 2 aromatic carbocycles. The molecule has 6 heteroatoms. The third-order valence-corrected chi connectivity index (χ3v) is 3.16. The van der Waals surface area contributed by atoms with Gasteiger partial charge in [0.1, 0.15) is 18.2 Å². The van der Waals surface area contributed by atoms with Crippen molar-refractivity contribution >= 4 is 17.4 Å². The molecule has 3 N–H and O–H groups in total. The van der Waals surface area contributed by atoms with Crippen molar-refractivity contribution < 1.29 is 9.53 Å². The molecule has 23 heavy (non-hydrogen) atoms. The molecule has 2 rings (SSSR count). The van der Waals surface area contributed by atoms with Gasteiger partial charge in [-0.15, -0.1) is 0 Å². The van der Waals surface area contributed by atoms with Crippen LogP contribution in [0, 0.1) is 0 Å². The number of benzene rings is 2. The highest BCUT2D eigenvalue weighted by molar-refractivity contribution is 6.00. The maximum absolute atomic E-state index is 11.8. The summed E-state index contributed by atoms with van der Waals surface area (Å²) >= 11 is 0. The third kappa shape index (κ3) is 4.55. The fraction of sp³-hybridized carbons (Fsp3) is 0.176. The van der Waals surface area contributed by atoms with E-state index in [2.05, 4.69) is 10.4 Å². The fourth-order valence-corrected chi connectivity index (χ4v) is 1.91. The lowest BCUT2D eigenvalue weighted by atomic mass is 10.1. The second-order valence-corrected chi connectivity index (χ2v) is 5.01. The fourth-order valence-electron chi connectivity index (χ4n) is 1.91. The molecule has 1 amide bonds. The monoisotopic (exact) mass is 312 g/mol. The molecular weight excluding hydrogens is 292 g/mol. The van der Waals surface area contributed by atoms with Gasteiger partial charge in [-0.05, 0) is 24.3 Å². The number of nitrogens with one attached hydrogen (secondary N) is 1. The summed E-state index contributed by atoms with van der Waals surface area (Å²) in [4.78, 5) is 18.2.